The molecule has 0 aromatic carbocycles. The highest BCUT2D eigenvalue weighted by Gasteiger charge is 2.33. The first kappa shape index (κ1) is 15.2. The molecule has 1 fully saturated rings. The average molecular weight is 318 g/mol. The number of nitrogens with zero attached hydrogens (tertiary/aromatic N) is 3. The highest BCUT2D eigenvalue weighted by atomic mass is 32.1. The Morgan fingerprint density at radius 1 is 1.55 bits per heavy atom. The number of likely N-dealkylation sites (N-methyl/N-ethyl adjacent to an activating group) is 1. The van der Waals surface area contributed by atoms with Crippen molar-refractivity contribution in [2.75, 3.05) is 26.2 Å². The van der Waals surface area contributed by atoms with E-state index in [9.17, 15) is 4.79 Å². The predicted octanol–water partition coefficient (Wildman–Crippen LogP) is 2.48. The molecule has 0 unspecified atom stereocenters. The van der Waals surface area contributed by atoms with Crippen LogP contribution in [0.4, 0.5) is 0 Å². The molecule has 1 saturated heterocycles. The minimum Gasteiger partial charge on any atom is -0.347 e. The Kier molecular flexibility index (Phi) is 4.59. The molecular weight excluding hydrogens is 296 g/mol. The van der Waals surface area contributed by atoms with Crippen LogP contribution < -0.4 is 0 Å². The normalized spacial score (nSPS) is 21.0. The van der Waals surface area contributed by atoms with Crippen molar-refractivity contribution < 1.29 is 4.79 Å². The molecule has 2 aromatic rings. The molecule has 0 saturated carbocycles. The van der Waals surface area contributed by atoms with Crippen molar-refractivity contribution in [2.24, 2.45) is 0 Å². The molecule has 118 valence electrons. The SMILES string of the molecule is CCN1CCN(C(=O)[C@@H](C)c2cccs2)C[C@@H]1c1ncc[nH]1. The number of imidazole rings is 1. The largest absolute Gasteiger partial charge is 0.347 e. The number of amides is 1. The molecule has 6 heteroatoms. The predicted molar refractivity (Wildman–Crippen MR) is 87.9 cm³/mol. The van der Waals surface area contributed by atoms with Gasteiger partial charge in [-0.15, -0.1) is 11.3 Å². The number of aromatic nitrogens is 2. The Morgan fingerprint density at radius 2 is 2.41 bits per heavy atom. The van der Waals surface area contributed by atoms with Gasteiger partial charge in [-0.1, -0.05) is 13.0 Å². The van der Waals surface area contributed by atoms with Crippen LogP contribution in [0, 0.1) is 0 Å². The van der Waals surface area contributed by atoms with E-state index in [0.717, 1.165) is 30.3 Å². The summed E-state index contributed by atoms with van der Waals surface area (Å²) >= 11 is 1.65. The minimum absolute atomic E-state index is 0.0644. The van der Waals surface area contributed by atoms with Gasteiger partial charge in [0.2, 0.25) is 5.91 Å². The maximum Gasteiger partial charge on any atom is 0.230 e. The van der Waals surface area contributed by atoms with E-state index in [-0.39, 0.29) is 17.9 Å². The first-order valence-electron chi connectivity index (χ1n) is 7.76. The average Bonchev–Trinajstić information content (AvgIpc) is 3.25. The molecule has 0 aliphatic carbocycles. The molecule has 2 aromatic heterocycles. The highest BCUT2D eigenvalue weighted by molar-refractivity contribution is 7.10. The van der Waals surface area contributed by atoms with Crippen LogP contribution in [0.5, 0.6) is 0 Å². The quantitative estimate of drug-likeness (QED) is 0.942. The van der Waals surface area contributed by atoms with Crippen LogP contribution in [0.2, 0.25) is 0 Å². The van der Waals surface area contributed by atoms with Crippen molar-refractivity contribution >= 4 is 17.2 Å². The summed E-state index contributed by atoms with van der Waals surface area (Å²) in [6, 6.07) is 4.21. The number of aromatic amines is 1. The molecule has 1 amide bonds. The van der Waals surface area contributed by atoms with Crippen LogP contribution in [-0.2, 0) is 4.79 Å². The van der Waals surface area contributed by atoms with Gasteiger partial charge >= 0.3 is 0 Å². The number of thiophene rings is 1. The van der Waals surface area contributed by atoms with E-state index < -0.39 is 0 Å². The van der Waals surface area contributed by atoms with E-state index in [4.69, 9.17) is 0 Å². The molecule has 2 atom stereocenters. The standard InChI is InChI=1S/C16H22N4OS/c1-3-19-8-9-20(11-13(19)15-17-6-7-18-15)16(21)12(2)14-5-4-10-22-14/h4-7,10,12-13H,3,8-9,11H2,1-2H3,(H,17,18)/t12-,13+/m0/s1. The number of piperazine rings is 1. The zero-order valence-corrected chi connectivity index (χ0v) is 13.8. The van der Waals surface area contributed by atoms with Gasteiger partial charge < -0.3 is 9.88 Å². The molecular formula is C16H22N4OS. The van der Waals surface area contributed by atoms with Crippen LogP contribution >= 0.6 is 11.3 Å². The van der Waals surface area contributed by atoms with E-state index in [1.165, 1.54) is 0 Å². The molecule has 1 aliphatic heterocycles. The Bertz CT molecular complexity index is 596. The van der Waals surface area contributed by atoms with Gasteiger partial charge in [-0.25, -0.2) is 4.98 Å². The molecule has 1 aliphatic rings. The van der Waals surface area contributed by atoms with E-state index >= 15 is 0 Å². The molecule has 0 bridgehead atoms. The lowest BCUT2D eigenvalue weighted by atomic mass is 10.1. The second kappa shape index (κ2) is 6.62. The second-order valence-corrected chi connectivity index (χ2v) is 6.62. The number of H-pyrrole nitrogens is 1. The summed E-state index contributed by atoms with van der Waals surface area (Å²) < 4.78 is 0. The van der Waals surface area contributed by atoms with E-state index in [2.05, 4.69) is 21.8 Å². The van der Waals surface area contributed by atoms with Crippen LogP contribution in [0.25, 0.3) is 0 Å². The zero-order chi connectivity index (χ0) is 15.5. The van der Waals surface area contributed by atoms with Gasteiger partial charge in [0.25, 0.3) is 0 Å². The maximum absolute atomic E-state index is 12.8. The van der Waals surface area contributed by atoms with Crippen LogP contribution in [0.15, 0.2) is 29.9 Å². The summed E-state index contributed by atoms with van der Waals surface area (Å²) in [6.07, 6.45) is 3.62. The fourth-order valence-corrected chi connectivity index (χ4v) is 3.83. The third-order valence-electron chi connectivity index (χ3n) is 4.38. The Balaban J connectivity index is 1.74. The smallest absolute Gasteiger partial charge is 0.230 e. The van der Waals surface area contributed by atoms with E-state index in [1.807, 2.05) is 35.5 Å². The lowest BCUT2D eigenvalue weighted by Gasteiger charge is -2.40. The Morgan fingerprint density at radius 3 is 3.05 bits per heavy atom. The summed E-state index contributed by atoms with van der Waals surface area (Å²) in [4.78, 5) is 25.9. The second-order valence-electron chi connectivity index (χ2n) is 5.64. The van der Waals surface area contributed by atoms with E-state index in [1.54, 1.807) is 17.5 Å². The van der Waals surface area contributed by atoms with Gasteiger partial charge in [0, 0.05) is 36.9 Å². The van der Waals surface area contributed by atoms with Crippen molar-refractivity contribution in [3.63, 3.8) is 0 Å². The van der Waals surface area contributed by atoms with Gasteiger partial charge in [0.1, 0.15) is 5.82 Å². The third-order valence-corrected chi connectivity index (χ3v) is 5.44. The van der Waals surface area contributed by atoms with Crippen molar-refractivity contribution in [1.29, 1.82) is 0 Å². The van der Waals surface area contributed by atoms with E-state index in [0.29, 0.717) is 6.54 Å². The van der Waals surface area contributed by atoms with Crippen LogP contribution in [0.3, 0.4) is 0 Å². The van der Waals surface area contributed by atoms with Crippen molar-refractivity contribution in [3.8, 4) is 0 Å². The zero-order valence-electron chi connectivity index (χ0n) is 13.0. The molecule has 1 N–H and O–H groups in total. The molecule has 3 heterocycles. The van der Waals surface area contributed by atoms with Crippen LogP contribution in [0.1, 0.15) is 36.5 Å². The summed E-state index contributed by atoms with van der Waals surface area (Å²) in [5, 5.41) is 2.03. The third kappa shape index (κ3) is 2.94. The number of nitrogens with one attached hydrogen (secondary N) is 1. The lowest BCUT2D eigenvalue weighted by molar-refractivity contribution is -0.135. The molecule has 22 heavy (non-hydrogen) atoms. The topological polar surface area (TPSA) is 52.2 Å². The first-order chi connectivity index (χ1) is 10.7. The van der Waals surface area contributed by atoms with Crippen molar-refractivity contribution in [3.05, 3.63) is 40.6 Å². The lowest BCUT2D eigenvalue weighted by Crippen LogP contribution is -2.51. The molecule has 0 radical (unpaired) electrons. The number of carbonyl (C=O) groups excluding carboxylic acids is 1. The fourth-order valence-electron chi connectivity index (χ4n) is 3.05. The molecule has 5 nitrogen and oxygen atoms in total. The van der Waals surface area contributed by atoms with Gasteiger partial charge in [-0.3, -0.25) is 9.69 Å². The Hall–Kier alpha value is -1.66. The minimum atomic E-state index is -0.0644. The van der Waals surface area contributed by atoms with Gasteiger partial charge in [0.15, 0.2) is 0 Å². The van der Waals surface area contributed by atoms with Gasteiger partial charge in [0.05, 0.1) is 12.0 Å². The summed E-state index contributed by atoms with van der Waals surface area (Å²) in [7, 11) is 0. The van der Waals surface area contributed by atoms with Crippen molar-refractivity contribution in [2.45, 2.75) is 25.8 Å². The molecule has 3 rings (SSSR count). The number of carbonyl (C=O) groups is 1. The Labute approximate surface area is 135 Å². The first-order valence-corrected chi connectivity index (χ1v) is 8.64. The van der Waals surface area contributed by atoms with Crippen LogP contribution in [-0.4, -0.2) is 51.9 Å². The summed E-state index contributed by atoms with van der Waals surface area (Å²) in [6.45, 7) is 7.51. The number of hydrogen-bond donors (Lipinski definition) is 1. The maximum atomic E-state index is 12.8. The summed E-state index contributed by atoms with van der Waals surface area (Å²) in [5.74, 6) is 1.10. The number of hydrogen-bond acceptors (Lipinski definition) is 4. The van der Waals surface area contributed by atoms with Crippen molar-refractivity contribution in [1.82, 2.24) is 19.8 Å². The monoisotopic (exact) mass is 318 g/mol. The summed E-state index contributed by atoms with van der Waals surface area (Å²) in [5.41, 5.74) is 0. The van der Waals surface area contributed by atoms with Gasteiger partial charge in [-0.2, -0.15) is 0 Å². The highest BCUT2D eigenvalue weighted by Crippen LogP contribution is 2.27. The van der Waals surface area contributed by atoms with Gasteiger partial charge in [-0.05, 0) is 24.9 Å². The molecule has 0 spiro atoms. The fraction of sp³-hybridized carbons (Fsp3) is 0.500. The number of rotatable bonds is 4.